The van der Waals surface area contributed by atoms with Crippen molar-refractivity contribution in [2.75, 3.05) is 25.1 Å². The number of nitrogens with one attached hydrogen (secondary N) is 2. The Balaban J connectivity index is 1.59. The fraction of sp³-hybridized carbons (Fsp3) is 0.417. The van der Waals surface area contributed by atoms with Crippen molar-refractivity contribution in [1.82, 2.24) is 10.6 Å². The molecular weight excluding hydrogens is 414 g/mol. The molecular formula is C24H30ClN3O3. The molecule has 0 aromatic heterocycles. The summed E-state index contributed by atoms with van der Waals surface area (Å²) in [4.78, 5) is 27.6. The van der Waals surface area contributed by atoms with Crippen LogP contribution in [0.25, 0.3) is 0 Å². The molecule has 1 aliphatic rings. The van der Waals surface area contributed by atoms with E-state index in [4.69, 9.17) is 16.3 Å². The van der Waals surface area contributed by atoms with Crippen LogP contribution < -0.4 is 20.3 Å². The molecule has 1 heterocycles. The van der Waals surface area contributed by atoms with Gasteiger partial charge in [0.05, 0.1) is 19.2 Å². The maximum atomic E-state index is 13.0. The third-order valence-corrected chi connectivity index (χ3v) is 5.72. The number of methoxy groups -OCH3 is 1. The van der Waals surface area contributed by atoms with Gasteiger partial charge in [0, 0.05) is 24.2 Å². The maximum absolute atomic E-state index is 13.0. The first-order valence-corrected chi connectivity index (χ1v) is 11.0. The van der Waals surface area contributed by atoms with Gasteiger partial charge in [0.1, 0.15) is 11.8 Å². The Bertz CT molecular complexity index is 904. The molecule has 166 valence electrons. The van der Waals surface area contributed by atoms with Gasteiger partial charge < -0.3 is 20.3 Å². The van der Waals surface area contributed by atoms with Crippen LogP contribution in [0, 0.1) is 5.92 Å². The highest BCUT2D eigenvalue weighted by Crippen LogP contribution is 2.33. The second-order valence-corrected chi connectivity index (χ2v) is 8.64. The normalized spacial score (nSPS) is 16.8. The smallest absolute Gasteiger partial charge is 0.243 e. The van der Waals surface area contributed by atoms with Crippen LogP contribution in [0.4, 0.5) is 5.69 Å². The number of hydrogen-bond donors (Lipinski definition) is 2. The van der Waals surface area contributed by atoms with Gasteiger partial charge in [0.15, 0.2) is 0 Å². The summed E-state index contributed by atoms with van der Waals surface area (Å²) in [7, 11) is 1.63. The number of carbonyl (C=O) groups excluding carboxylic acids is 2. The van der Waals surface area contributed by atoms with Gasteiger partial charge in [-0.1, -0.05) is 55.8 Å². The highest BCUT2D eigenvalue weighted by Gasteiger charge is 2.30. The first-order valence-electron chi connectivity index (χ1n) is 10.6. The number of nitrogens with zero attached hydrogens (tertiary/aromatic N) is 1. The van der Waals surface area contributed by atoms with E-state index in [2.05, 4.69) is 15.5 Å². The molecule has 0 bridgehead atoms. The molecule has 2 unspecified atom stereocenters. The van der Waals surface area contributed by atoms with Crippen molar-refractivity contribution in [2.45, 2.75) is 38.8 Å². The monoisotopic (exact) mass is 443 g/mol. The molecule has 2 aromatic carbocycles. The number of ether oxygens (including phenoxy) is 1. The summed E-state index contributed by atoms with van der Waals surface area (Å²) in [6.45, 7) is 5.31. The molecule has 2 aromatic rings. The van der Waals surface area contributed by atoms with E-state index in [-0.39, 0.29) is 30.2 Å². The van der Waals surface area contributed by atoms with Crippen molar-refractivity contribution in [3.05, 3.63) is 59.1 Å². The van der Waals surface area contributed by atoms with Crippen molar-refractivity contribution in [2.24, 2.45) is 5.92 Å². The van der Waals surface area contributed by atoms with E-state index in [0.29, 0.717) is 11.6 Å². The topological polar surface area (TPSA) is 70.7 Å². The quantitative estimate of drug-likeness (QED) is 0.655. The van der Waals surface area contributed by atoms with Crippen LogP contribution >= 0.6 is 11.6 Å². The molecule has 0 aliphatic carbocycles. The average Bonchev–Trinajstić information content (AvgIpc) is 3.20. The number of rotatable bonds is 8. The number of amides is 2. The lowest BCUT2D eigenvalue weighted by Crippen LogP contribution is -2.52. The van der Waals surface area contributed by atoms with Crippen molar-refractivity contribution in [3.8, 4) is 5.75 Å². The highest BCUT2D eigenvalue weighted by atomic mass is 35.5. The lowest BCUT2D eigenvalue weighted by Gasteiger charge is -2.25. The summed E-state index contributed by atoms with van der Waals surface area (Å²) < 4.78 is 5.46. The second-order valence-electron chi connectivity index (χ2n) is 8.21. The van der Waals surface area contributed by atoms with Crippen LogP contribution in [0.2, 0.25) is 5.02 Å². The van der Waals surface area contributed by atoms with Crippen molar-refractivity contribution in [3.63, 3.8) is 0 Å². The molecule has 6 nitrogen and oxygen atoms in total. The Hall–Kier alpha value is -2.73. The van der Waals surface area contributed by atoms with Gasteiger partial charge in [0.25, 0.3) is 0 Å². The van der Waals surface area contributed by atoms with E-state index in [1.807, 2.05) is 56.3 Å². The first-order chi connectivity index (χ1) is 14.9. The number of anilines is 1. The van der Waals surface area contributed by atoms with E-state index in [1.165, 1.54) is 0 Å². The third-order valence-electron chi connectivity index (χ3n) is 5.49. The number of hydrogen-bond acceptors (Lipinski definition) is 4. The fourth-order valence-electron chi connectivity index (χ4n) is 3.84. The van der Waals surface area contributed by atoms with Crippen molar-refractivity contribution >= 4 is 29.1 Å². The Morgan fingerprint density at radius 2 is 1.94 bits per heavy atom. The molecule has 1 aliphatic heterocycles. The zero-order valence-corrected chi connectivity index (χ0v) is 19.0. The first kappa shape index (κ1) is 22.9. The molecule has 2 N–H and O–H groups in total. The van der Waals surface area contributed by atoms with Crippen LogP contribution in [0.3, 0.4) is 0 Å². The van der Waals surface area contributed by atoms with Crippen molar-refractivity contribution < 1.29 is 14.3 Å². The lowest BCUT2D eigenvalue weighted by atomic mass is 10.0. The van der Waals surface area contributed by atoms with Crippen LogP contribution in [-0.4, -0.2) is 44.1 Å². The second kappa shape index (κ2) is 10.5. The molecule has 7 heteroatoms. The van der Waals surface area contributed by atoms with Gasteiger partial charge in [-0.3, -0.25) is 9.59 Å². The zero-order chi connectivity index (χ0) is 22.4. The third kappa shape index (κ3) is 6.14. The molecule has 3 rings (SSSR count). The minimum absolute atomic E-state index is 0.0107. The van der Waals surface area contributed by atoms with E-state index >= 15 is 0 Å². The Morgan fingerprint density at radius 1 is 1.19 bits per heavy atom. The predicted octanol–water partition coefficient (Wildman–Crippen LogP) is 3.43. The Morgan fingerprint density at radius 3 is 2.61 bits per heavy atom. The van der Waals surface area contributed by atoms with Crippen LogP contribution in [0.1, 0.15) is 25.8 Å². The SMILES string of the molecule is COc1ccc(Cl)cc1N1CCC(NC(=O)C(NC(=O)Cc2ccccc2)C(C)C)C1. The van der Waals surface area contributed by atoms with E-state index in [0.717, 1.165) is 30.0 Å². The van der Waals surface area contributed by atoms with Gasteiger partial charge in [-0.2, -0.15) is 0 Å². The van der Waals surface area contributed by atoms with Gasteiger partial charge >= 0.3 is 0 Å². The number of benzene rings is 2. The van der Waals surface area contributed by atoms with E-state index in [1.54, 1.807) is 13.2 Å². The Kier molecular flexibility index (Phi) is 7.80. The van der Waals surface area contributed by atoms with Crippen LogP contribution in [0.5, 0.6) is 5.75 Å². The summed E-state index contributed by atoms with van der Waals surface area (Å²) in [5.41, 5.74) is 1.84. The molecule has 1 saturated heterocycles. The molecule has 0 radical (unpaired) electrons. The summed E-state index contributed by atoms with van der Waals surface area (Å²) in [6.07, 6.45) is 1.06. The molecule has 31 heavy (non-hydrogen) atoms. The summed E-state index contributed by atoms with van der Waals surface area (Å²) in [5, 5.41) is 6.66. The summed E-state index contributed by atoms with van der Waals surface area (Å²) in [5.74, 6) is 0.424. The fourth-order valence-corrected chi connectivity index (χ4v) is 4.01. The lowest BCUT2D eigenvalue weighted by molar-refractivity contribution is -0.130. The molecule has 2 amide bonds. The van der Waals surface area contributed by atoms with Crippen LogP contribution in [-0.2, 0) is 16.0 Å². The summed E-state index contributed by atoms with van der Waals surface area (Å²) >= 11 is 6.16. The molecule has 2 atom stereocenters. The zero-order valence-electron chi connectivity index (χ0n) is 18.2. The van der Waals surface area contributed by atoms with Gasteiger partial charge in [0.2, 0.25) is 11.8 Å². The van der Waals surface area contributed by atoms with Gasteiger partial charge in [-0.05, 0) is 36.1 Å². The van der Waals surface area contributed by atoms with Crippen LogP contribution in [0.15, 0.2) is 48.5 Å². The van der Waals surface area contributed by atoms with E-state index < -0.39 is 6.04 Å². The highest BCUT2D eigenvalue weighted by molar-refractivity contribution is 6.30. The standard InChI is InChI=1S/C24H30ClN3O3/c1-16(2)23(27-22(29)13-17-7-5-4-6-8-17)24(30)26-19-11-12-28(15-19)20-14-18(25)9-10-21(20)31-3/h4-10,14,16,19,23H,11-13,15H2,1-3H3,(H,26,30)(H,27,29). The largest absolute Gasteiger partial charge is 0.495 e. The minimum atomic E-state index is -0.578. The van der Waals surface area contributed by atoms with Gasteiger partial charge in [-0.25, -0.2) is 0 Å². The van der Waals surface area contributed by atoms with Crippen molar-refractivity contribution in [1.29, 1.82) is 0 Å². The molecule has 1 fully saturated rings. The molecule has 0 spiro atoms. The minimum Gasteiger partial charge on any atom is -0.495 e. The average molecular weight is 444 g/mol. The Labute approximate surface area is 188 Å². The number of halogens is 1. The number of carbonyl (C=O) groups is 2. The molecule has 0 saturated carbocycles. The maximum Gasteiger partial charge on any atom is 0.243 e. The predicted molar refractivity (Wildman–Crippen MR) is 124 cm³/mol. The van der Waals surface area contributed by atoms with E-state index in [9.17, 15) is 9.59 Å². The summed E-state index contributed by atoms with van der Waals surface area (Å²) in [6, 6.07) is 14.5. The van der Waals surface area contributed by atoms with Gasteiger partial charge in [-0.15, -0.1) is 0 Å².